The van der Waals surface area contributed by atoms with E-state index in [1.165, 1.54) is 18.2 Å². The average molecular weight is 364 g/mol. The van der Waals surface area contributed by atoms with Crippen LogP contribution in [0, 0.1) is 0 Å². The molecule has 0 radical (unpaired) electrons. The summed E-state index contributed by atoms with van der Waals surface area (Å²) in [6.45, 7) is 0.149. The summed E-state index contributed by atoms with van der Waals surface area (Å²) in [5, 5.41) is 9.54. The molecule has 3 aromatic rings. The van der Waals surface area contributed by atoms with Crippen LogP contribution in [0.5, 0.6) is 11.5 Å². The highest BCUT2D eigenvalue weighted by Crippen LogP contribution is 2.31. The van der Waals surface area contributed by atoms with E-state index in [2.05, 4.69) is 16.0 Å². The van der Waals surface area contributed by atoms with Gasteiger partial charge in [0, 0.05) is 24.3 Å². The van der Waals surface area contributed by atoms with Crippen LogP contribution in [0.2, 0.25) is 0 Å². The summed E-state index contributed by atoms with van der Waals surface area (Å²) >= 11 is 0. The molecule has 0 spiro atoms. The van der Waals surface area contributed by atoms with E-state index in [0.29, 0.717) is 34.6 Å². The number of nitrogens with one attached hydrogen (secondary N) is 1. The minimum Gasteiger partial charge on any atom is -0.497 e. The zero-order valence-electron chi connectivity index (χ0n) is 15.2. The van der Waals surface area contributed by atoms with Gasteiger partial charge in [-0.2, -0.15) is 0 Å². The summed E-state index contributed by atoms with van der Waals surface area (Å²) in [6.07, 6.45) is 3.63. The Balaban J connectivity index is 1.84. The van der Waals surface area contributed by atoms with Gasteiger partial charge in [0.2, 0.25) is 0 Å². The molecule has 0 saturated heterocycles. The van der Waals surface area contributed by atoms with Gasteiger partial charge in [-0.25, -0.2) is 4.98 Å². The number of aliphatic hydroxyl groups is 1. The smallest absolute Gasteiger partial charge is 0.262 e. The van der Waals surface area contributed by atoms with Crippen LogP contribution in [-0.4, -0.2) is 35.9 Å². The molecule has 1 aromatic heterocycles. The van der Waals surface area contributed by atoms with Crippen LogP contribution < -0.4 is 15.0 Å². The number of ether oxygens (including phenoxy) is 2. The van der Waals surface area contributed by atoms with Crippen LogP contribution in [-0.2, 0) is 6.42 Å². The lowest BCUT2D eigenvalue weighted by Gasteiger charge is -2.10. The lowest BCUT2D eigenvalue weighted by molar-refractivity contribution is 0.299. The lowest BCUT2D eigenvalue weighted by atomic mass is 10.0. The van der Waals surface area contributed by atoms with Crippen molar-refractivity contribution in [2.45, 2.75) is 12.8 Å². The fourth-order valence-electron chi connectivity index (χ4n) is 3.48. The molecular weight excluding hydrogens is 344 g/mol. The molecule has 6 nitrogen and oxygen atoms in total. The van der Waals surface area contributed by atoms with Crippen LogP contribution >= 0.6 is 0 Å². The van der Waals surface area contributed by atoms with Crippen LogP contribution in [0.1, 0.15) is 17.5 Å². The standard InChI is InChI=1S/C21H20N2O4/c1-26-16-10-17-19(18(11-16)27-2)21(25)23-20(22-17)14-4-3-13-7-12(5-6-24)8-15(13)9-14/h3-4,8-11,24H,5-7H2,1-2H3,(H,22,23,25). The number of aromatic amines is 1. The molecule has 0 unspecified atom stereocenters. The van der Waals surface area contributed by atoms with Gasteiger partial charge in [0.1, 0.15) is 22.7 Å². The summed E-state index contributed by atoms with van der Waals surface area (Å²) in [5.74, 6) is 1.50. The molecule has 6 heteroatoms. The lowest BCUT2D eigenvalue weighted by Crippen LogP contribution is -2.11. The maximum absolute atomic E-state index is 12.7. The van der Waals surface area contributed by atoms with Crippen molar-refractivity contribution >= 4 is 17.0 Å². The van der Waals surface area contributed by atoms with Gasteiger partial charge in [-0.05, 0) is 30.0 Å². The summed E-state index contributed by atoms with van der Waals surface area (Å²) in [5.41, 5.74) is 4.61. The second-order valence-corrected chi connectivity index (χ2v) is 6.50. The maximum atomic E-state index is 12.7. The summed E-state index contributed by atoms with van der Waals surface area (Å²) in [7, 11) is 3.07. The summed E-state index contributed by atoms with van der Waals surface area (Å²) < 4.78 is 10.6. The monoisotopic (exact) mass is 364 g/mol. The summed E-state index contributed by atoms with van der Waals surface area (Å²) in [4.78, 5) is 20.2. The molecule has 2 aromatic carbocycles. The largest absolute Gasteiger partial charge is 0.497 e. The third kappa shape index (κ3) is 3.08. The Morgan fingerprint density at radius 3 is 2.78 bits per heavy atom. The maximum Gasteiger partial charge on any atom is 0.262 e. The van der Waals surface area contributed by atoms with Gasteiger partial charge in [0.05, 0.1) is 19.7 Å². The Bertz CT molecular complexity index is 1120. The minimum atomic E-state index is -0.258. The molecule has 4 rings (SSSR count). The van der Waals surface area contributed by atoms with Crippen molar-refractivity contribution in [3.8, 4) is 22.9 Å². The zero-order valence-corrected chi connectivity index (χ0v) is 15.2. The molecule has 0 saturated carbocycles. The number of hydrogen-bond acceptors (Lipinski definition) is 5. The first-order chi connectivity index (χ1) is 13.1. The SMILES string of the molecule is COc1cc(OC)c2c(=O)[nH]c(-c3ccc4c(c3)C=C(CCO)C4)nc2c1. The first-order valence-electron chi connectivity index (χ1n) is 8.72. The highest BCUT2D eigenvalue weighted by molar-refractivity contribution is 5.87. The van der Waals surface area contributed by atoms with Gasteiger partial charge in [-0.15, -0.1) is 0 Å². The Morgan fingerprint density at radius 2 is 2.04 bits per heavy atom. The second-order valence-electron chi connectivity index (χ2n) is 6.50. The number of aliphatic hydroxyl groups excluding tert-OH is 1. The molecule has 2 N–H and O–H groups in total. The molecule has 0 aliphatic heterocycles. The highest BCUT2D eigenvalue weighted by atomic mass is 16.5. The molecule has 27 heavy (non-hydrogen) atoms. The third-order valence-corrected chi connectivity index (χ3v) is 4.83. The van der Waals surface area contributed by atoms with Gasteiger partial charge in [0.25, 0.3) is 5.56 Å². The van der Waals surface area contributed by atoms with Crippen molar-refractivity contribution in [1.82, 2.24) is 9.97 Å². The van der Waals surface area contributed by atoms with Gasteiger partial charge in [0.15, 0.2) is 0 Å². The van der Waals surface area contributed by atoms with Gasteiger partial charge in [-0.1, -0.05) is 23.8 Å². The molecule has 1 heterocycles. The fraction of sp³-hybridized carbons (Fsp3) is 0.238. The van der Waals surface area contributed by atoms with Crippen molar-refractivity contribution in [1.29, 1.82) is 0 Å². The number of fused-ring (bicyclic) bond motifs is 2. The van der Waals surface area contributed by atoms with Crippen LogP contribution in [0.25, 0.3) is 28.4 Å². The van der Waals surface area contributed by atoms with Crippen LogP contribution in [0.3, 0.4) is 0 Å². The van der Waals surface area contributed by atoms with Crippen molar-refractivity contribution in [3.05, 3.63) is 57.4 Å². The molecule has 138 valence electrons. The fourth-order valence-corrected chi connectivity index (χ4v) is 3.48. The summed E-state index contributed by atoms with van der Waals surface area (Å²) in [6, 6.07) is 9.41. The van der Waals surface area contributed by atoms with Gasteiger partial charge >= 0.3 is 0 Å². The molecule has 0 fully saturated rings. The number of hydrogen-bond donors (Lipinski definition) is 2. The number of aromatic nitrogens is 2. The predicted octanol–water partition coefficient (Wildman–Crippen LogP) is 2.93. The first-order valence-corrected chi connectivity index (χ1v) is 8.72. The molecule has 0 amide bonds. The Morgan fingerprint density at radius 1 is 1.19 bits per heavy atom. The Kier molecular flexibility index (Phi) is 4.41. The number of methoxy groups -OCH3 is 2. The second kappa shape index (κ2) is 6.89. The number of H-pyrrole nitrogens is 1. The molecule has 1 aliphatic rings. The van der Waals surface area contributed by atoms with Crippen molar-refractivity contribution in [2.75, 3.05) is 20.8 Å². The number of rotatable bonds is 5. The van der Waals surface area contributed by atoms with E-state index < -0.39 is 0 Å². The van der Waals surface area contributed by atoms with Crippen molar-refractivity contribution < 1.29 is 14.6 Å². The molecule has 0 atom stereocenters. The van der Waals surface area contributed by atoms with E-state index in [1.807, 2.05) is 18.2 Å². The number of nitrogens with zero attached hydrogens (tertiary/aromatic N) is 1. The van der Waals surface area contributed by atoms with Crippen LogP contribution in [0.15, 0.2) is 40.7 Å². The topological polar surface area (TPSA) is 84.4 Å². The van der Waals surface area contributed by atoms with E-state index in [-0.39, 0.29) is 12.2 Å². The highest BCUT2D eigenvalue weighted by Gasteiger charge is 2.16. The molecular formula is C21H20N2O4. The molecule has 1 aliphatic carbocycles. The van der Waals surface area contributed by atoms with Crippen molar-refractivity contribution in [2.24, 2.45) is 0 Å². The first kappa shape index (κ1) is 17.3. The average Bonchev–Trinajstić information content (AvgIpc) is 3.08. The number of benzene rings is 2. The minimum absolute atomic E-state index is 0.149. The van der Waals surface area contributed by atoms with E-state index in [1.54, 1.807) is 19.2 Å². The van der Waals surface area contributed by atoms with Crippen LogP contribution in [0.4, 0.5) is 0 Å². The molecule has 0 bridgehead atoms. The Labute approximate surface area is 156 Å². The van der Waals surface area contributed by atoms with E-state index in [9.17, 15) is 4.79 Å². The zero-order chi connectivity index (χ0) is 19.0. The quantitative estimate of drug-likeness (QED) is 0.727. The van der Waals surface area contributed by atoms with E-state index >= 15 is 0 Å². The predicted molar refractivity (Wildman–Crippen MR) is 104 cm³/mol. The van der Waals surface area contributed by atoms with Gasteiger partial charge in [-0.3, -0.25) is 4.79 Å². The van der Waals surface area contributed by atoms with E-state index in [4.69, 9.17) is 14.6 Å². The van der Waals surface area contributed by atoms with E-state index in [0.717, 1.165) is 17.5 Å². The van der Waals surface area contributed by atoms with Gasteiger partial charge < -0.3 is 19.6 Å². The normalized spacial score (nSPS) is 12.8. The third-order valence-electron chi connectivity index (χ3n) is 4.83. The van der Waals surface area contributed by atoms with Crippen molar-refractivity contribution in [3.63, 3.8) is 0 Å². The Hall–Kier alpha value is -3.12.